The summed E-state index contributed by atoms with van der Waals surface area (Å²) in [6.07, 6.45) is 2.49. The lowest BCUT2D eigenvalue weighted by molar-refractivity contribution is -0.144. The van der Waals surface area contributed by atoms with E-state index < -0.39 is 5.41 Å². The predicted molar refractivity (Wildman–Crippen MR) is 102 cm³/mol. The third kappa shape index (κ3) is 3.98. The summed E-state index contributed by atoms with van der Waals surface area (Å²) in [5.74, 6) is 0.972. The molecule has 2 aliphatic heterocycles. The van der Waals surface area contributed by atoms with E-state index in [2.05, 4.69) is 5.32 Å². The molecule has 1 aromatic rings. The number of nitrogens with one attached hydrogen (secondary N) is 1. The molecule has 1 aromatic carbocycles. The number of carbonyl (C=O) groups is 2. The predicted octanol–water partition coefficient (Wildman–Crippen LogP) is 4.03. The quantitative estimate of drug-likeness (QED) is 0.842. The summed E-state index contributed by atoms with van der Waals surface area (Å²) >= 11 is 7.94. The fourth-order valence-electron chi connectivity index (χ4n) is 3.50. The Hall–Kier alpha value is -1.20. The summed E-state index contributed by atoms with van der Waals surface area (Å²) in [6.45, 7) is 6.37. The Labute approximate surface area is 158 Å². The van der Waals surface area contributed by atoms with E-state index in [1.165, 1.54) is 4.90 Å². The molecule has 2 amide bonds. The molecule has 0 saturated carbocycles. The Kier molecular flexibility index (Phi) is 5.35. The number of rotatable bonds is 2. The first-order valence-electron chi connectivity index (χ1n) is 8.81. The van der Waals surface area contributed by atoms with Gasteiger partial charge >= 0.3 is 0 Å². The largest absolute Gasteiger partial charge is 0.347 e. The maximum atomic E-state index is 12.9. The fourth-order valence-corrected chi connectivity index (χ4v) is 4.78. The summed E-state index contributed by atoms with van der Waals surface area (Å²) in [6, 6.07) is 5.46. The van der Waals surface area contributed by atoms with E-state index in [0.29, 0.717) is 11.6 Å². The highest BCUT2D eigenvalue weighted by Gasteiger charge is 2.39. The summed E-state index contributed by atoms with van der Waals surface area (Å²) in [5, 5.41) is 3.86. The van der Waals surface area contributed by atoms with Gasteiger partial charge in [0.05, 0.1) is 6.04 Å². The van der Waals surface area contributed by atoms with Gasteiger partial charge in [-0.25, -0.2) is 0 Å². The molecule has 0 unspecified atom stereocenters. The van der Waals surface area contributed by atoms with E-state index in [-0.39, 0.29) is 23.9 Å². The number of thioether (sulfide) groups is 1. The third-order valence-electron chi connectivity index (χ3n) is 4.79. The number of nitrogens with zero attached hydrogens (tertiary/aromatic N) is 1. The van der Waals surface area contributed by atoms with Gasteiger partial charge in [0.2, 0.25) is 11.8 Å². The van der Waals surface area contributed by atoms with Gasteiger partial charge in [0.1, 0.15) is 6.04 Å². The van der Waals surface area contributed by atoms with Crippen molar-refractivity contribution in [2.45, 2.75) is 57.0 Å². The first-order chi connectivity index (χ1) is 11.8. The zero-order valence-electron chi connectivity index (χ0n) is 15.0. The number of carbonyl (C=O) groups excluding carboxylic acids is 2. The van der Waals surface area contributed by atoms with Crippen LogP contribution in [-0.2, 0) is 9.59 Å². The van der Waals surface area contributed by atoms with Crippen molar-refractivity contribution >= 4 is 35.2 Å². The molecule has 1 fully saturated rings. The maximum absolute atomic E-state index is 12.9. The lowest BCUT2D eigenvalue weighted by Gasteiger charge is -2.32. The normalized spacial score (nSPS) is 23.3. The molecule has 1 saturated heterocycles. The lowest BCUT2D eigenvalue weighted by Crippen LogP contribution is -2.50. The number of hydrogen-bond acceptors (Lipinski definition) is 3. The van der Waals surface area contributed by atoms with Crippen LogP contribution in [0.25, 0.3) is 0 Å². The van der Waals surface area contributed by atoms with Crippen LogP contribution in [0.4, 0.5) is 0 Å². The SMILES string of the molecule is CC(C)(C)C(=O)N1CCC[C@@H]1C(=O)N[C@@H]1CCSc2ccc(Cl)cc21. The van der Waals surface area contributed by atoms with Crippen molar-refractivity contribution in [1.82, 2.24) is 10.2 Å². The highest BCUT2D eigenvalue weighted by Crippen LogP contribution is 2.38. The van der Waals surface area contributed by atoms with Gasteiger partial charge < -0.3 is 10.2 Å². The van der Waals surface area contributed by atoms with Crippen molar-refractivity contribution in [3.8, 4) is 0 Å². The molecular weight excluding hydrogens is 356 g/mol. The van der Waals surface area contributed by atoms with Crippen LogP contribution in [0.3, 0.4) is 0 Å². The molecule has 4 nitrogen and oxygen atoms in total. The standard InChI is InChI=1S/C19H25ClN2O2S/c1-19(2,3)18(24)22-9-4-5-15(22)17(23)21-14-8-10-25-16-7-6-12(20)11-13(14)16/h6-7,11,14-15H,4-5,8-10H2,1-3H3,(H,21,23)/t14-,15-/m1/s1. The number of likely N-dealkylation sites (tertiary alicyclic amines) is 1. The maximum Gasteiger partial charge on any atom is 0.243 e. The molecule has 0 bridgehead atoms. The van der Waals surface area contributed by atoms with Crippen molar-refractivity contribution in [3.63, 3.8) is 0 Å². The zero-order valence-corrected chi connectivity index (χ0v) is 16.5. The van der Waals surface area contributed by atoms with Gasteiger partial charge in [0, 0.05) is 27.6 Å². The van der Waals surface area contributed by atoms with Crippen LogP contribution in [0.2, 0.25) is 5.02 Å². The molecule has 2 heterocycles. The summed E-state index contributed by atoms with van der Waals surface area (Å²) in [4.78, 5) is 28.5. The van der Waals surface area contributed by atoms with Gasteiger partial charge in [-0.15, -0.1) is 11.8 Å². The highest BCUT2D eigenvalue weighted by atomic mass is 35.5. The zero-order chi connectivity index (χ0) is 18.2. The first kappa shape index (κ1) is 18.6. The third-order valence-corrected chi connectivity index (χ3v) is 6.14. The van der Waals surface area contributed by atoms with Crippen molar-refractivity contribution in [3.05, 3.63) is 28.8 Å². The van der Waals surface area contributed by atoms with Crippen molar-refractivity contribution in [1.29, 1.82) is 0 Å². The van der Waals surface area contributed by atoms with Gasteiger partial charge in [0.25, 0.3) is 0 Å². The minimum atomic E-state index is -0.468. The Balaban J connectivity index is 1.75. The van der Waals surface area contributed by atoms with E-state index in [0.717, 1.165) is 30.6 Å². The molecule has 1 N–H and O–H groups in total. The van der Waals surface area contributed by atoms with E-state index in [1.807, 2.05) is 39.0 Å². The number of amides is 2. The molecule has 0 spiro atoms. The number of fused-ring (bicyclic) bond motifs is 1. The summed E-state index contributed by atoms with van der Waals surface area (Å²) < 4.78 is 0. The molecule has 2 aliphatic rings. The average Bonchev–Trinajstić information content (AvgIpc) is 3.03. The molecule has 2 atom stereocenters. The second-order valence-electron chi connectivity index (χ2n) is 7.79. The van der Waals surface area contributed by atoms with E-state index >= 15 is 0 Å². The molecule has 0 aromatic heterocycles. The lowest BCUT2D eigenvalue weighted by atomic mass is 9.94. The highest BCUT2D eigenvalue weighted by molar-refractivity contribution is 7.99. The topological polar surface area (TPSA) is 49.4 Å². The molecule has 25 heavy (non-hydrogen) atoms. The van der Waals surface area contributed by atoms with Gasteiger partial charge in [-0.2, -0.15) is 0 Å². The molecule has 6 heteroatoms. The van der Waals surface area contributed by atoms with Crippen LogP contribution in [0.1, 0.15) is 51.6 Å². The fraction of sp³-hybridized carbons (Fsp3) is 0.579. The van der Waals surface area contributed by atoms with Crippen LogP contribution in [0.15, 0.2) is 23.1 Å². The first-order valence-corrected chi connectivity index (χ1v) is 10.2. The van der Waals surface area contributed by atoms with Crippen LogP contribution < -0.4 is 5.32 Å². The Bertz CT molecular complexity index is 686. The second kappa shape index (κ2) is 7.20. The second-order valence-corrected chi connectivity index (χ2v) is 9.36. The van der Waals surface area contributed by atoms with Crippen LogP contribution >= 0.6 is 23.4 Å². The average molecular weight is 381 g/mol. The smallest absolute Gasteiger partial charge is 0.243 e. The Morgan fingerprint density at radius 3 is 2.76 bits per heavy atom. The Morgan fingerprint density at radius 2 is 2.04 bits per heavy atom. The number of halogens is 1. The van der Waals surface area contributed by atoms with Crippen molar-refractivity contribution in [2.24, 2.45) is 5.41 Å². The Morgan fingerprint density at radius 1 is 1.28 bits per heavy atom. The van der Waals surface area contributed by atoms with Crippen molar-refractivity contribution in [2.75, 3.05) is 12.3 Å². The van der Waals surface area contributed by atoms with E-state index in [4.69, 9.17) is 11.6 Å². The molecule has 0 radical (unpaired) electrons. The molecular formula is C19H25ClN2O2S. The minimum Gasteiger partial charge on any atom is -0.347 e. The van der Waals surface area contributed by atoms with Gasteiger partial charge in [-0.3, -0.25) is 9.59 Å². The van der Waals surface area contributed by atoms with Crippen LogP contribution in [0.5, 0.6) is 0 Å². The van der Waals surface area contributed by atoms with E-state index in [1.54, 1.807) is 16.7 Å². The minimum absolute atomic E-state index is 0.0327. The summed E-state index contributed by atoms with van der Waals surface area (Å²) in [7, 11) is 0. The van der Waals surface area contributed by atoms with Gasteiger partial charge in [0.15, 0.2) is 0 Å². The molecule has 0 aliphatic carbocycles. The monoisotopic (exact) mass is 380 g/mol. The van der Waals surface area contributed by atoms with Gasteiger partial charge in [-0.1, -0.05) is 32.4 Å². The van der Waals surface area contributed by atoms with Crippen LogP contribution in [0, 0.1) is 5.41 Å². The summed E-state index contributed by atoms with van der Waals surface area (Å²) in [5.41, 5.74) is 0.619. The van der Waals surface area contributed by atoms with Gasteiger partial charge in [-0.05, 0) is 43.0 Å². The van der Waals surface area contributed by atoms with Crippen LogP contribution in [-0.4, -0.2) is 35.1 Å². The molecule has 136 valence electrons. The van der Waals surface area contributed by atoms with Crippen molar-refractivity contribution < 1.29 is 9.59 Å². The molecule has 3 rings (SSSR count). The number of benzene rings is 1. The number of hydrogen-bond donors (Lipinski definition) is 1. The van der Waals surface area contributed by atoms with E-state index in [9.17, 15) is 9.59 Å².